The zero-order valence-corrected chi connectivity index (χ0v) is 13.7. The third-order valence-electron chi connectivity index (χ3n) is 5.91. The number of piperidine rings is 1. The van der Waals surface area contributed by atoms with Crippen molar-refractivity contribution in [3.63, 3.8) is 0 Å². The van der Waals surface area contributed by atoms with Gasteiger partial charge in [-0.15, -0.1) is 6.42 Å². The minimum Gasteiger partial charge on any atom is -0.369 e. The molecule has 4 rings (SSSR count). The summed E-state index contributed by atoms with van der Waals surface area (Å²) < 4.78 is 0. The molecule has 0 unspecified atom stereocenters. The molecule has 2 fully saturated rings. The molecule has 0 amide bonds. The van der Waals surface area contributed by atoms with Crippen molar-refractivity contribution >= 4 is 11.5 Å². The Morgan fingerprint density at radius 3 is 2.57 bits per heavy atom. The van der Waals surface area contributed by atoms with Crippen molar-refractivity contribution in [1.82, 2.24) is 9.88 Å². The summed E-state index contributed by atoms with van der Waals surface area (Å²) in [5.74, 6) is 2.72. The summed E-state index contributed by atoms with van der Waals surface area (Å²) in [5.41, 5.74) is 4.94. The van der Waals surface area contributed by atoms with Gasteiger partial charge in [0.2, 0.25) is 0 Å². The molecule has 3 aliphatic rings. The van der Waals surface area contributed by atoms with Crippen LogP contribution in [0.2, 0.25) is 0 Å². The summed E-state index contributed by atoms with van der Waals surface area (Å²) in [6.07, 6.45) is 12.6. The summed E-state index contributed by atoms with van der Waals surface area (Å²) in [5, 5.41) is 0. The lowest BCUT2D eigenvalue weighted by Crippen LogP contribution is -2.43. The van der Waals surface area contributed by atoms with E-state index in [0.717, 1.165) is 35.7 Å². The second-order valence-corrected chi connectivity index (χ2v) is 7.27. The molecule has 1 saturated heterocycles. The Morgan fingerprint density at radius 1 is 1.22 bits per heavy atom. The van der Waals surface area contributed by atoms with Crippen LogP contribution in [0.3, 0.4) is 0 Å². The Labute approximate surface area is 137 Å². The minimum atomic E-state index is 0.0598. The van der Waals surface area contributed by atoms with Gasteiger partial charge < -0.3 is 4.90 Å². The summed E-state index contributed by atoms with van der Waals surface area (Å²) in [6, 6.07) is 4.00. The molecular formula is C20H22N2O. The van der Waals surface area contributed by atoms with E-state index < -0.39 is 0 Å². The molecule has 1 aromatic rings. The summed E-state index contributed by atoms with van der Waals surface area (Å²) in [7, 11) is 0. The van der Waals surface area contributed by atoms with E-state index in [1.54, 1.807) is 0 Å². The smallest absolute Gasteiger partial charge is 0.177 e. The molecule has 23 heavy (non-hydrogen) atoms. The molecule has 2 heterocycles. The number of carbonyl (C=O) groups is 1. The number of pyridine rings is 1. The molecule has 0 bridgehead atoms. The van der Waals surface area contributed by atoms with Gasteiger partial charge in [-0.25, -0.2) is 0 Å². The maximum absolute atomic E-state index is 12.5. The van der Waals surface area contributed by atoms with E-state index >= 15 is 0 Å². The quantitative estimate of drug-likeness (QED) is 0.747. The Hall–Kier alpha value is -2.08. The van der Waals surface area contributed by atoms with Gasteiger partial charge in [0.25, 0.3) is 0 Å². The number of fused-ring (bicyclic) bond motifs is 1. The maximum atomic E-state index is 12.5. The van der Waals surface area contributed by atoms with Crippen molar-refractivity contribution in [1.29, 1.82) is 0 Å². The maximum Gasteiger partial charge on any atom is 0.177 e. The van der Waals surface area contributed by atoms with E-state index in [1.807, 2.05) is 19.1 Å². The van der Waals surface area contributed by atoms with Crippen LogP contribution in [0, 0.1) is 24.7 Å². The van der Waals surface area contributed by atoms with Gasteiger partial charge in [-0.3, -0.25) is 9.78 Å². The standard InChI is InChI=1S/C20H22N2O/c1-3-16-17(23)13-15-6-5-14(2)21-18(15)19(16)22-11-9-20(10-12-22)7-4-8-20/h1,5-6H,4,7-13H2,2H3. The highest BCUT2D eigenvalue weighted by atomic mass is 16.1. The van der Waals surface area contributed by atoms with Crippen molar-refractivity contribution in [2.24, 2.45) is 5.41 Å². The lowest BCUT2D eigenvalue weighted by molar-refractivity contribution is -0.114. The molecule has 1 saturated carbocycles. The lowest BCUT2D eigenvalue weighted by atomic mass is 9.63. The Morgan fingerprint density at radius 2 is 1.96 bits per heavy atom. The number of ketones is 1. The van der Waals surface area contributed by atoms with Gasteiger partial charge in [0.1, 0.15) is 0 Å². The van der Waals surface area contributed by atoms with Gasteiger partial charge in [0.15, 0.2) is 5.78 Å². The predicted molar refractivity (Wildman–Crippen MR) is 90.5 cm³/mol. The Balaban J connectivity index is 1.73. The predicted octanol–water partition coefficient (Wildman–Crippen LogP) is 3.13. The number of rotatable bonds is 1. The minimum absolute atomic E-state index is 0.0598. The molecule has 1 aliphatic heterocycles. The van der Waals surface area contributed by atoms with Crippen molar-refractivity contribution in [2.75, 3.05) is 13.1 Å². The average Bonchev–Trinajstić information content (AvgIpc) is 2.53. The Bertz CT molecular complexity index is 739. The molecule has 0 aromatic carbocycles. The van der Waals surface area contributed by atoms with Gasteiger partial charge in [-0.2, -0.15) is 0 Å². The van der Waals surface area contributed by atoms with Gasteiger partial charge >= 0.3 is 0 Å². The van der Waals surface area contributed by atoms with Crippen LogP contribution in [0.4, 0.5) is 0 Å². The summed E-state index contributed by atoms with van der Waals surface area (Å²) in [6.45, 7) is 3.97. The topological polar surface area (TPSA) is 33.2 Å². The number of terminal acetylenes is 1. The largest absolute Gasteiger partial charge is 0.369 e. The fraction of sp³-hybridized carbons (Fsp3) is 0.500. The first-order valence-electron chi connectivity index (χ1n) is 8.58. The second-order valence-electron chi connectivity index (χ2n) is 7.27. The van der Waals surface area contributed by atoms with E-state index in [9.17, 15) is 4.79 Å². The highest BCUT2D eigenvalue weighted by Crippen LogP contribution is 2.50. The molecule has 3 heteroatoms. The van der Waals surface area contributed by atoms with Crippen molar-refractivity contribution < 1.29 is 4.79 Å². The van der Waals surface area contributed by atoms with Gasteiger partial charge in [0, 0.05) is 25.2 Å². The lowest BCUT2D eigenvalue weighted by Gasteiger charge is -2.49. The fourth-order valence-electron chi connectivity index (χ4n) is 4.28. The number of hydrogen-bond donors (Lipinski definition) is 0. The number of aryl methyl sites for hydroxylation is 1. The van der Waals surface area contributed by atoms with E-state index in [2.05, 4.69) is 10.8 Å². The van der Waals surface area contributed by atoms with Crippen LogP contribution in [0.15, 0.2) is 17.7 Å². The molecule has 1 aromatic heterocycles. The number of nitrogens with zero attached hydrogens (tertiary/aromatic N) is 2. The van der Waals surface area contributed by atoms with Crippen LogP contribution in [0.1, 0.15) is 49.1 Å². The second kappa shape index (κ2) is 5.23. The number of hydrogen-bond acceptors (Lipinski definition) is 3. The van der Waals surface area contributed by atoms with E-state index in [1.165, 1.54) is 32.1 Å². The van der Waals surface area contributed by atoms with Crippen LogP contribution in [0.5, 0.6) is 0 Å². The third-order valence-corrected chi connectivity index (χ3v) is 5.91. The third kappa shape index (κ3) is 2.28. The van der Waals surface area contributed by atoms with Crippen molar-refractivity contribution in [3.05, 3.63) is 34.7 Å². The zero-order valence-electron chi connectivity index (χ0n) is 13.7. The molecule has 3 nitrogen and oxygen atoms in total. The fourth-order valence-corrected chi connectivity index (χ4v) is 4.28. The van der Waals surface area contributed by atoms with Crippen molar-refractivity contribution in [3.8, 4) is 12.3 Å². The monoisotopic (exact) mass is 306 g/mol. The van der Waals surface area contributed by atoms with Crippen LogP contribution in [-0.2, 0) is 11.2 Å². The van der Waals surface area contributed by atoms with Gasteiger partial charge in [0.05, 0.1) is 17.0 Å². The average molecular weight is 306 g/mol. The first-order valence-corrected chi connectivity index (χ1v) is 8.58. The molecular weight excluding hydrogens is 284 g/mol. The van der Waals surface area contributed by atoms with E-state index in [4.69, 9.17) is 11.4 Å². The first kappa shape index (κ1) is 14.5. The molecule has 2 aliphatic carbocycles. The summed E-state index contributed by atoms with van der Waals surface area (Å²) >= 11 is 0. The highest BCUT2D eigenvalue weighted by molar-refractivity contribution is 6.09. The SMILES string of the molecule is C#CC1=C(N2CCC3(CCC3)CC2)c2nc(C)ccc2CC1=O. The van der Waals surface area contributed by atoms with Crippen LogP contribution in [-0.4, -0.2) is 28.8 Å². The van der Waals surface area contributed by atoms with Gasteiger partial charge in [-0.05, 0) is 49.7 Å². The van der Waals surface area contributed by atoms with Crippen LogP contribution in [0.25, 0.3) is 5.70 Å². The number of likely N-dealkylation sites (tertiary alicyclic amines) is 1. The number of aromatic nitrogens is 1. The van der Waals surface area contributed by atoms with Crippen molar-refractivity contribution in [2.45, 2.75) is 45.4 Å². The van der Waals surface area contributed by atoms with E-state index in [-0.39, 0.29) is 5.78 Å². The molecule has 0 radical (unpaired) electrons. The molecule has 1 spiro atoms. The molecule has 0 atom stereocenters. The van der Waals surface area contributed by atoms with Crippen LogP contribution >= 0.6 is 0 Å². The zero-order chi connectivity index (χ0) is 16.0. The highest BCUT2D eigenvalue weighted by Gasteiger charge is 2.41. The normalized spacial score (nSPS) is 22.6. The number of Topliss-reactive ketones (excluding diaryl/α,β-unsaturated/α-hetero) is 1. The Kier molecular flexibility index (Phi) is 3.30. The number of allylic oxidation sites excluding steroid dienone is 1. The summed E-state index contributed by atoms with van der Waals surface area (Å²) in [4.78, 5) is 19.5. The number of carbonyl (C=O) groups excluding carboxylic acids is 1. The van der Waals surface area contributed by atoms with Crippen LogP contribution < -0.4 is 0 Å². The molecule has 118 valence electrons. The first-order chi connectivity index (χ1) is 11.1. The molecule has 0 N–H and O–H groups in total. The van der Waals surface area contributed by atoms with E-state index in [0.29, 0.717) is 17.4 Å². The van der Waals surface area contributed by atoms with Gasteiger partial charge in [-0.1, -0.05) is 18.4 Å².